The molecule has 1 N–H and O–H groups in total. The number of nitrogens with one attached hydrogen (secondary N) is 1. The lowest BCUT2D eigenvalue weighted by atomic mass is 10.2. The molecule has 6 heteroatoms. The molecule has 6 nitrogen and oxygen atoms in total. The van der Waals surface area contributed by atoms with Crippen LogP contribution < -0.4 is 19.9 Å². The Balaban J connectivity index is 1.64. The van der Waals surface area contributed by atoms with Crippen molar-refractivity contribution in [2.75, 3.05) is 29.5 Å². The summed E-state index contributed by atoms with van der Waals surface area (Å²) in [6, 6.07) is 16.6. The van der Waals surface area contributed by atoms with Crippen LogP contribution in [0.15, 0.2) is 54.6 Å². The van der Waals surface area contributed by atoms with E-state index in [-0.39, 0.29) is 18.0 Å². The molecule has 2 aromatic carbocycles. The number of anilines is 2. The van der Waals surface area contributed by atoms with Crippen LogP contribution in [0.3, 0.4) is 0 Å². The van der Waals surface area contributed by atoms with E-state index in [1.54, 1.807) is 9.80 Å². The number of benzene rings is 2. The fourth-order valence-corrected chi connectivity index (χ4v) is 3.25. The van der Waals surface area contributed by atoms with Crippen LogP contribution in [-0.4, -0.2) is 37.7 Å². The van der Waals surface area contributed by atoms with Crippen molar-refractivity contribution in [1.82, 2.24) is 5.32 Å². The third-order valence-corrected chi connectivity index (χ3v) is 4.54. The Morgan fingerprint density at radius 2 is 1.85 bits per heavy atom. The van der Waals surface area contributed by atoms with Gasteiger partial charge in [-0.1, -0.05) is 18.2 Å². The molecule has 1 aliphatic heterocycles. The van der Waals surface area contributed by atoms with Gasteiger partial charge in [-0.2, -0.15) is 0 Å². The first kappa shape index (κ1) is 18.8. The van der Waals surface area contributed by atoms with Gasteiger partial charge in [0.1, 0.15) is 5.75 Å². The summed E-state index contributed by atoms with van der Waals surface area (Å²) in [5.74, 6) is 0.784. The van der Waals surface area contributed by atoms with E-state index >= 15 is 0 Å². The quantitative estimate of drug-likeness (QED) is 0.851. The summed E-state index contributed by atoms with van der Waals surface area (Å²) in [4.78, 5) is 28.5. The predicted octanol–water partition coefficient (Wildman–Crippen LogP) is 3.43. The molecule has 0 radical (unpaired) electrons. The van der Waals surface area contributed by atoms with E-state index in [0.29, 0.717) is 26.1 Å². The minimum atomic E-state index is -0.214. The molecule has 1 aliphatic rings. The summed E-state index contributed by atoms with van der Waals surface area (Å²) in [5, 5.41) is 2.99. The lowest BCUT2D eigenvalue weighted by molar-refractivity contribution is -0.117. The first-order chi connectivity index (χ1) is 13.1. The highest BCUT2D eigenvalue weighted by Gasteiger charge is 2.32. The van der Waals surface area contributed by atoms with Gasteiger partial charge in [-0.25, -0.2) is 4.79 Å². The second kappa shape index (κ2) is 8.58. The highest BCUT2D eigenvalue weighted by atomic mass is 16.5. The molecule has 1 unspecified atom stereocenters. The second-order valence-electron chi connectivity index (χ2n) is 6.36. The van der Waals surface area contributed by atoms with Crippen LogP contribution in [0.2, 0.25) is 0 Å². The highest BCUT2D eigenvalue weighted by Crippen LogP contribution is 2.24. The maximum Gasteiger partial charge on any atom is 0.322 e. The molecule has 1 heterocycles. The standard InChI is InChI=1S/C21H25N3O3/c1-3-23(17-8-6-5-7-9-17)21(26)22-16-14-20(25)24(15-16)18-10-12-19(13-11-18)27-4-2/h5-13,16H,3-4,14-15H2,1-2H3,(H,22,26). The molecule has 0 saturated carbocycles. The molecule has 3 rings (SSSR count). The van der Waals surface area contributed by atoms with Crippen molar-refractivity contribution in [2.45, 2.75) is 26.3 Å². The number of carbonyl (C=O) groups is 2. The number of hydrogen-bond acceptors (Lipinski definition) is 3. The van der Waals surface area contributed by atoms with Crippen molar-refractivity contribution < 1.29 is 14.3 Å². The van der Waals surface area contributed by atoms with E-state index in [4.69, 9.17) is 4.74 Å². The Morgan fingerprint density at radius 1 is 1.15 bits per heavy atom. The van der Waals surface area contributed by atoms with Crippen LogP contribution in [0.1, 0.15) is 20.3 Å². The van der Waals surface area contributed by atoms with E-state index in [1.807, 2.05) is 68.4 Å². The number of rotatable bonds is 6. The van der Waals surface area contributed by atoms with E-state index < -0.39 is 0 Å². The van der Waals surface area contributed by atoms with Crippen molar-refractivity contribution in [3.05, 3.63) is 54.6 Å². The van der Waals surface area contributed by atoms with E-state index in [9.17, 15) is 9.59 Å². The van der Waals surface area contributed by atoms with E-state index in [1.165, 1.54) is 0 Å². The van der Waals surface area contributed by atoms with Gasteiger partial charge in [-0.05, 0) is 50.2 Å². The zero-order chi connectivity index (χ0) is 19.2. The maximum absolute atomic E-state index is 12.7. The molecule has 27 heavy (non-hydrogen) atoms. The topological polar surface area (TPSA) is 61.9 Å². The summed E-state index contributed by atoms with van der Waals surface area (Å²) < 4.78 is 5.44. The van der Waals surface area contributed by atoms with Gasteiger partial charge >= 0.3 is 6.03 Å². The Kier molecular flexibility index (Phi) is 5.96. The van der Waals surface area contributed by atoms with Gasteiger partial charge in [-0.3, -0.25) is 9.69 Å². The van der Waals surface area contributed by atoms with Crippen LogP contribution in [-0.2, 0) is 4.79 Å². The SMILES string of the molecule is CCOc1ccc(N2CC(NC(=O)N(CC)c3ccccc3)CC2=O)cc1. The van der Waals surface area contributed by atoms with Gasteiger partial charge < -0.3 is 15.0 Å². The van der Waals surface area contributed by atoms with Crippen LogP contribution >= 0.6 is 0 Å². The molecule has 1 saturated heterocycles. The van der Waals surface area contributed by atoms with Crippen molar-refractivity contribution in [1.29, 1.82) is 0 Å². The van der Waals surface area contributed by atoms with E-state index in [0.717, 1.165) is 17.1 Å². The predicted molar refractivity (Wildman–Crippen MR) is 106 cm³/mol. The van der Waals surface area contributed by atoms with Gasteiger partial charge in [0.2, 0.25) is 5.91 Å². The monoisotopic (exact) mass is 367 g/mol. The van der Waals surface area contributed by atoms with Crippen LogP contribution in [0.4, 0.5) is 16.2 Å². The summed E-state index contributed by atoms with van der Waals surface area (Å²) >= 11 is 0. The average Bonchev–Trinajstić information content (AvgIpc) is 3.04. The zero-order valence-electron chi connectivity index (χ0n) is 15.7. The van der Waals surface area contributed by atoms with Crippen LogP contribution in [0.25, 0.3) is 0 Å². The Labute approximate surface area is 159 Å². The number of nitrogens with zero attached hydrogens (tertiary/aromatic N) is 2. The lowest BCUT2D eigenvalue weighted by Crippen LogP contribution is -2.46. The van der Waals surface area contributed by atoms with Crippen molar-refractivity contribution >= 4 is 23.3 Å². The third-order valence-electron chi connectivity index (χ3n) is 4.54. The first-order valence-corrected chi connectivity index (χ1v) is 9.28. The van der Waals surface area contributed by atoms with Gasteiger partial charge in [0.15, 0.2) is 0 Å². The molecule has 3 amide bonds. The van der Waals surface area contributed by atoms with Crippen LogP contribution in [0.5, 0.6) is 5.75 Å². The number of ether oxygens (including phenoxy) is 1. The number of amides is 3. The Morgan fingerprint density at radius 3 is 2.48 bits per heavy atom. The largest absolute Gasteiger partial charge is 0.494 e. The fourth-order valence-electron chi connectivity index (χ4n) is 3.25. The summed E-state index contributed by atoms with van der Waals surface area (Å²) in [6.07, 6.45) is 0.297. The van der Waals surface area contributed by atoms with Gasteiger partial charge in [-0.15, -0.1) is 0 Å². The Hall–Kier alpha value is -3.02. The maximum atomic E-state index is 12.7. The molecule has 0 spiro atoms. The zero-order valence-corrected chi connectivity index (χ0v) is 15.7. The van der Waals surface area contributed by atoms with Gasteiger partial charge in [0.25, 0.3) is 0 Å². The molecule has 0 aromatic heterocycles. The van der Waals surface area contributed by atoms with Crippen molar-refractivity contribution in [3.8, 4) is 5.75 Å². The minimum absolute atomic E-state index is 0.00668. The van der Waals surface area contributed by atoms with Crippen LogP contribution in [0, 0.1) is 0 Å². The van der Waals surface area contributed by atoms with Gasteiger partial charge in [0.05, 0.1) is 12.6 Å². The van der Waals surface area contributed by atoms with Crippen molar-refractivity contribution in [2.24, 2.45) is 0 Å². The molecule has 2 aromatic rings. The summed E-state index contributed by atoms with van der Waals surface area (Å²) in [7, 11) is 0. The number of hydrogen-bond donors (Lipinski definition) is 1. The average molecular weight is 367 g/mol. The molecular formula is C21H25N3O3. The summed E-state index contributed by atoms with van der Waals surface area (Å²) in [5.41, 5.74) is 1.65. The smallest absolute Gasteiger partial charge is 0.322 e. The fraction of sp³-hybridized carbons (Fsp3) is 0.333. The first-order valence-electron chi connectivity index (χ1n) is 9.28. The number of carbonyl (C=O) groups excluding carboxylic acids is 2. The van der Waals surface area contributed by atoms with Crippen molar-refractivity contribution in [3.63, 3.8) is 0 Å². The molecular weight excluding hydrogens is 342 g/mol. The van der Waals surface area contributed by atoms with Gasteiger partial charge in [0, 0.05) is 30.9 Å². The summed E-state index contributed by atoms with van der Waals surface area (Å²) in [6.45, 7) is 5.48. The molecule has 0 bridgehead atoms. The third kappa shape index (κ3) is 4.39. The Bertz CT molecular complexity index is 777. The van der Waals surface area contributed by atoms with E-state index in [2.05, 4.69) is 5.32 Å². The number of urea groups is 1. The highest BCUT2D eigenvalue weighted by molar-refractivity contribution is 5.98. The number of para-hydroxylation sites is 1. The second-order valence-corrected chi connectivity index (χ2v) is 6.36. The molecule has 1 fully saturated rings. The molecule has 1 atom stereocenters. The molecule has 142 valence electrons. The normalized spacial score (nSPS) is 16.3. The minimum Gasteiger partial charge on any atom is -0.494 e. The molecule has 0 aliphatic carbocycles. The lowest BCUT2D eigenvalue weighted by Gasteiger charge is -2.24.